The molecular formula is C11H10ClNO4. The number of allylic oxidation sites excluding steroid dienone is 1. The van der Waals surface area contributed by atoms with Gasteiger partial charge in [0.25, 0.3) is 5.69 Å². The Morgan fingerprint density at radius 2 is 2.18 bits per heavy atom. The number of nitrogens with zero attached hydrogens (tertiary/aromatic N) is 1. The second-order valence-corrected chi connectivity index (χ2v) is 3.68. The topological polar surface area (TPSA) is 69.4 Å². The van der Waals surface area contributed by atoms with Crippen LogP contribution in [0.3, 0.4) is 0 Å². The Balaban J connectivity index is 3.21. The summed E-state index contributed by atoms with van der Waals surface area (Å²) in [5.41, 5.74) is 0.860. The molecule has 0 bridgehead atoms. The molecule has 0 N–H and O–H groups in total. The Kier molecular flexibility index (Phi) is 4.23. The molecule has 17 heavy (non-hydrogen) atoms. The maximum Gasteiger partial charge on any atom is 0.330 e. The molecule has 0 unspecified atom stereocenters. The van der Waals surface area contributed by atoms with E-state index in [4.69, 9.17) is 11.6 Å². The summed E-state index contributed by atoms with van der Waals surface area (Å²) in [7, 11) is 1.25. The van der Waals surface area contributed by atoms with Crippen LogP contribution in [-0.2, 0) is 9.53 Å². The molecule has 0 aliphatic rings. The lowest BCUT2D eigenvalue weighted by Gasteiger charge is -2.04. The summed E-state index contributed by atoms with van der Waals surface area (Å²) < 4.78 is 4.47. The molecule has 5 nitrogen and oxygen atoms in total. The number of carbonyl (C=O) groups is 1. The lowest BCUT2D eigenvalue weighted by atomic mass is 10.1. The third kappa shape index (κ3) is 3.29. The van der Waals surface area contributed by atoms with E-state index in [0.717, 1.165) is 0 Å². The predicted octanol–water partition coefficient (Wildman–Crippen LogP) is 2.82. The van der Waals surface area contributed by atoms with Gasteiger partial charge in [-0.25, -0.2) is 4.79 Å². The van der Waals surface area contributed by atoms with E-state index in [1.165, 1.54) is 31.4 Å². The number of benzene rings is 1. The highest BCUT2D eigenvalue weighted by atomic mass is 35.5. The molecule has 0 radical (unpaired) electrons. The number of methoxy groups -OCH3 is 1. The summed E-state index contributed by atoms with van der Waals surface area (Å²) in [6, 6.07) is 4.04. The van der Waals surface area contributed by atoms with Crippen molar-refractivity contribution >= 4 is 28.8 Å². The van der Waals surface area contributed by atoms with Gasteiger partial charge in [-0.3, -0.25) is 10.1 Å². The molecule has 0 aliphatic heterocycles. The molecule has 6 heteroatoms. The van der Waals surface area contributed by atoms with Crippen molar-refractivity contribution in [3.05, 3.63) is 45.0 Å². The number of halogens is 1. The van der Waals surface area contributed by atoms with Crippen molar-refractivity contribution in [2.45, 2.75) is 6.92 Å². The van der Waals surface area contributed by atoms with E-state index in [0.29, 0.717) is 16.2 Å². The molecule has 1 rings (SSSR count). The maximum absolute atomic E-state index is 11.1. The zero-order valence-electron chi connectivity index (χ0n) is 9.27. The Bertz CT molecular complexity index is 496. The van der Waals surface area contributed by atoms with Crippen LogP contribution >= 0.6 is 11.6 Å². The van der Waals surface area contributed by atoms with Crippen LogP contribution in [0.4, 0.5) is 5.69 Å². The lowest BCUT2D eigenvalue weighted by Crippen LogP contribution is -1.96. The first-order chi connectivity index (χ1) is 7.95. The molecule has 0 spiro atoms. The van der Waals surface area contributed by atoms with Crippen LogP contribution in [0.2, 0.25) is 5.02 Å². The number of hydrogen-bond acceptors (Lipinski definition) is 4. The molecule has 0 heterocycles. The van der Waals surface area contributed by atoms with E-state index in [2.05, 4.69) is 4.74 Å². The van der Waals surface area contributed by atoms with Gasteiger partial charge in [-0.05, 0) is 18.6 Å². The zero-order chi connectivity index (χ0) is 13.0. The Morgan fingerprint density at radius 3 is 2.71 bits per heavy atom. The van der Waals surface area contributed by atoms with Crippen molar-refractivity contribution in [1.29, 1.82) is 0 Å². The van der Waals surface area contributed by atoms with Gasteiger partial charge in [0, 0.05) is 28.8 Å². The number of carbonyl (C=O) groups excluding carboxylic acids is 1. The van der Waals surface area contributed by atoms with E-state index in [1.54, 1.807) is 6.92 Å². The van der Waals surface area contributed by atoms with E-state index in [-0.39, 0.29) is 5.69 Å². The maximum atomic E-state index is 11.1. The normalized spacial score (nSPS) is 11.1. The summed E-state index contributed by atoms with van der Waals surface area (Å²) >= 11 is 5.91. The fraction of sp³-hybridized carbons (Fsp3) is 0.182. The highest BCUT2D eigenvalue weighted by Crippen LogP contribution is 2.27. The van der Waals surface area contributed by atoms with Crippen molar-refractivity contribution in [2.75, 3.05) is 7.11 Å². The summed E-state index contributed by atoms with van der Waals surface area (Å²) in [4.78, 5) is 21.1. The molecule has 0 aromatic heterocycles. The van der Waals surface area contributed by atoms with Crippen molar-refractivity contribution < 1.29 is 14.5 Å². The van der Waals surface area contributed by atoms with Gasteiger partial charge in [0.2, 0.25) is 0 Å². The largest absolute Gasteiger partial charge is 0.466 e. The SMILES string of the molecule is COC(=O)C=C(C)c1cc([N+](=O)[O-])ccc1Cl. The number of rotatable bonds is 3. The van der Waals surface area contributed by atoms with Crippen LogP contribution in [0.1, 0.15) is 12.5 Å². The summed E-state index contributed by atoms with van der Waals surface area (Å²) in [5.74, 6) is -0.537. The van der Waals surface area contributed by atoms with Crippen molar-refractivity contribution in [3.8, 4) is 0 Å². The monoisotopic (exact) mass is 255 g/mol. The quantitative estimate of drug-likeness (QED) is 0.360. The highest BCUT2D eigenvalue weighted by molar-refractivity contribution is 6.32. The number of nitro groups is 1. The standard InChI is InChI=1S/C11H10ClNO4/c1-7(5-11(14)17-2)9-6-8(13(15)16)3-4-10(9)12/h3-6H,1-2H3. The van der Waals surface area contributed by atoms with Crippen molar-refractivity contribution in [1.82, 2.24) is 0 Å². The minimum Gasteiger partial charge on any atom is -0.466 e. The summed E-state index contributed by atoms with van der Waals surface area (Å²) in [5, 5.41) is 11.0. The zero-order valence-corrected chi connectivity index (χ0v) is 10.0. The minimum absolute atomic E-state index is 0.0815. The van der Waals surface area contributed by atoms with E-state index < -0.39 is 10.9 Å². The van der Waals surface area contributed by atoms with Gasteiger partial charge in [0.05, 0.1) is 12.0 Å². The predicted molar refractivity (Wildman–Crippen MR) is 63.8 cm³/mol. The smallest absolute Gasteiger partial charge is 0.330 e. The van der Waals surface area contributed by atoms with Gasteiger partial charge in [0.1, 0.15) is 0 Å². The summed E-state index contributed by atoms with van der Waals surface area (Å²) in [6.07, 6.45) is 1.23. The fourth-order valence-electron chi connectivity index (χ4n) is 1.24. The van der Waals surface area contributed by atoms with Gasteiger partial charge >= 0.3 is 5.97 Å². The molecule has 0 saturated heterocycles. The van der Waals surface area contributed by atoms with Crippen LogP contribution in [0.5, 0.6) is 0 Å². The van der Waals surface area contributed by atoms with Gasteiger partial charge < -0.3 is 4.74 Å². The molecule has 1 aromatic rings. The molecule has 0 amide bonds. The third-order valence-corrected chi connectivity index (χ3v) is 2.45. The van der Waals surface area contributed by atoms with E-state index >= 15 is 0 Å². The third-order valence-electron chi connectivity index (χ3n) is 2.12. The van der Waals surface area contributed by atoms with Crippen molar-refractivity contribution in [2.24, 2.45) is 0 Å². The second-order valence-electron chi connectivity index (χ2n) is 3.27. The Hall–Kier alpha value is -1.88. The molecule has 0 saturated carbocycles. The molecule has 0 atom stereocenters. The minimum atomic E-state index is -0.537. The molecule has 90 valence electrons. The number of nitro benzene ring substituents is 1. The number of non-ortho nitro benzene ring substituents is 1. The van der Waals surface area contributed by atoms with Crippen LogP contribution in [-0.4, -0.2) is 18.0 Å². The van der Waals surface area contributed by atoms with Crippen molar-refractivity contribution in [3.63, 3.8) is 0 Å². The fourth-order valence-corrected chi connectivity index (χ4v) is 1.51. The van der Waals surface area contributed by atoms with Crippen LogP contribution in [0.25, 0.3) is 5.57 Å². The molecule has 0 aliphatic carbocycles. The van der Waals surface area contributed by atoms with Crippen LogP contribution in [0.15, 0.2) is 24.3 Å². The Labute approximate surface area is 103 Å². The number of ether oxygens (including phenoxy) is 1. The van der Waals surface area contributed by atoms with E-state index in [1.807, 2.05) is 0 Å². The average molecular weight is 256 g/mol. The Morgan fingerprint density at radius 1 is 1.53 bits per heavy atom. The van der Waals surface area contributed by atoms with Crippen LogP contribution < -0.4 is 0 Å². The first-order valence-electron chi connectivity index (χ1n) is 4.66. The van der Waals surface area contributed by atoms with Gasteiger partial charge in [0.15, 0.2) is 0 Å². The second kappa shape index (κ2) is 5.45. The molecule has 1 aromatic carbocycles. The van der Waals surface area contributed by atoms with Crippen LogP contribution in [0, 0.1) is 10.1 Å². The number of hydrogen-bond donors (Lipinski definition) is 0. The highest BCUT2D eigenvalue weighted by Gasteiger charge is 2.11. The molecular weight excluding hydrogens is 246 g/mol. The van der Waals surface area contributed by atoms with Gasteiger partial charge in [-0.1, -0.05) is 11.6 Å². The molecule has 0 fully saturated rings. The van der Waals surface area contributed by atoms with E-state index in [9.17, 15) is 14.9 Å². The first kappa shape index (κ1) is 13.2. The number of esters is 1. The lowest BCUT2D eigenvalue weighted by molar-refractivity contribution is -0.384. The first-order valence-corrected chi connectivity index (χ1v) is 5.04. The van der Waals surface area contributed by atoms with Gasteiger partial charge in [-0.2, -0.15) is 0 Å². The van der Waals surface area contributed by atoms with Gasteiger partial charge in [-0.15, -0.1) is 0 Å². The summed E-state index contributed by atoms with van der Waals surface area (Å²) in [6.45, 7) is 1.63. The average Bonchev–Trinajstić information content (AvgIpc) is 2.28.